The molecule has 0 aliphatic carbocycles. The third kappa shape index (κ3) is 4.41. The summed E-state index contributed by atoms with van der Waals surface area (Å²) in [5.74, 6) is -0.363. The molecule has 0 spiro atoms. The molecule has 6 heteroatoms. The van der Waals surface area contributed by atoms with Crippen molar-refractivity contribution in [1.29, 1.82) is 0 Å². The van der Waals surface area contributed by atoms with E-state index in [4.69, 9.17) is 0 Å². The Morgan fingerprint density at radius 1 is 0.952 bits per heavy atom. The van der Waals surface area contributed by atoms with Crippen LogP contribution in [-0.4, -0.2) is 11.8 Å². The van der Waals surface area contributed by atoms with Gasteiger partial charge in [0.25, 0.3) is 5.91 Å². The smallest absolute Gasteiger partial charge is 0.255 e. The van der Waals surface area contributed by atoms with Gasteiger partial charge in [0.05, 0.1) is 5.69 Å². The predicted molar refractivity (Wildman–Crippen MR) is 90.5 cm³/mol. The SMILES string of the molecule is CC(=O)Nc1ccc(C(=O)Nc2ccc(Br)cc2Br)cc1. The molecule has 0 bridgehead atoms. The number of hydrogen-bond donors (Lipinski definition) is 2. The van der Waals surface area contributed by atoms with E-state index in [9.17, 15) is 9.59 Å². The maximum Gasteiger partial charge on any atom is 0.255 e. The van der Waals surface area contributed by atoms with E-state index in [0.29, 0.717) is 16.9 Å². The number of benzene rings is 2. The molecule has 0 saturated carbocycles. The highest BCUT2D eigenvalue weighted by Gasteiger charge is 2.08. The van der Waals surface area contributed by atoms with Crippen LogP contribution < -0.4 is 10.6 Å². The number of amides is 2. The summed E-state index contributed by atoms with van der Waals surface area (Å²) in [7, 11) is 0. The van der Waals surface area contributed by atoms with Crippen molar-refractivity contribution < 1.29 is 9.59 Å². The zero-order chi connectivity index (χ0) is 15.4. The van der Waals surface area contributed by atoms with Crippen LogP contribution in [0.5, 0.6) is 0 Å². The van der Waals surface area contributed by atoms with Crippen molar-refractivity contribution in [2.45, 2.75) is 6.92 Å². The molecule has 0 radical (unpaired) electrons. The van der Waals surface area contributed by atoms with Gasteiger partial charge in [-0.2, -0.15) is 0 Å². The maximum absolute atomic E-state index is 12.2. The van der Waals surface area contributed by atoms with Gasteiger partial charge in [0.1, 0.15) is 0 Å². The first-order valence-electron chi connectivity index (χ1n) is 6.10. The number of anilines is 2. The maximum atomic E-state index is 12.2. The third-order valence-electron chi connectivity index (χ3n) is 2.65. The second-order valence-electron chi connectivity index (χ2n) is 4.34. The van der Waals surface area contributed by atoms with Gasteiger partial charge in [-0.3, -0.25) is 9.59 Å². The highest BCUT2D eigenvalue weighted by atomic mass is 79.9. The molecule has 2 aromatic carbocycles. The molecular formula is C15H12Br2N2O2. The Balaban J connectivity index is 2.11. The average molecular weight is 412 g/mol. The standard InChI is InChI=1S/C15H12Br2N2O2/c1-9(20)18-12-5-2-10(3-6-12)15(21)19-14-7-4-11(16)8-13(14)17/h2-8H,1H3,(H,18,20)(H,19,21). The summed E-state index contributed by atoms with van der Waals surface area (Å²) in [6.45, 7) is 1.44. The molecule has 0 aromatic heterocycles. The minimum atomic E-state index is -0.215. The highest BCUT2D eigenvalue weighted by molar-refractivity contribution is 9.11. The van der Waals surface area contributed by atoms with Crippen molar-refractivity contribution in [3.8, 4) is 0 Å². The van der Waals surface area contributed by atoms with Crippen molar-refractivity contribution in [3.63, 3.8) is 0 Å². The second kappa shape index (κ2) is 6.87. The lowest BCUT2D eigenvalue weighted by Gasteiger charge is -2.08. The van der Waals surface area contributed by atoms with Crippen LogP contribution in [0, 0.1) is 0 Å². The first-order chi connectivity index (χ1) is 9.95. The largest absolute Gasteiger partial charge is 0.326 e. The summed E-state index contributed by atoms with van der Waals surface area (Å²) >= 11 is 6.75. The summed E-state index contributed by atoms with van der Waals surface area (Å²) in [5.41, 5.74) is 1.86. The quantitative estimate of drug-likeness (QED) is 0.785. The van der Waals surface area contributed by atoms with Crippen LogP contribution in [0.2, 0.25) is 0 Å². The van der Waals surface area contributed by atoms with Gasteiger partial charge in [-0.1, -0.05) is 15.9 Å². The Hall–Kier alpha value is -1.66. The van der Waals surface area contributed by atoms with Gasteiger partial charge in [-0.05, 0) is 58.4 Å². The Bertz CT molecular complexity index is 685. The number of halogens is 2. The fourth-order valence-electron chi connectivity index (χ4n) is 1.69. The molecule has 4 nitrogen and oxygen atoms in total. The van der Waals surface area contributed by atoms with Crippen LogP contribution in [0.25, 0.3) is 0 Å². The number of carbonyl (C=O) groups is 2. The summed E-state index contributed by atoms with van der Waals surface area (Å²) in [6.07, 6.45) is 0. The summed E-state index contributed by atoms with van der Waals surface area (Å²) in [6, 6.07) is 12.2. The molecule has 0 heterocycles. The van der Waals surface area contributed by atoms with Crippen molar-refractivity contribution in [1.82, 2.24) is 0 Å². The number of carbonyl (C=O) groups excluding carboxylic acids is 2. The number of rotatable bonds is 3. The van der Waals surface area contributed by atoms with Gasteiger partial charge in [-0.15, -0.1) is 0 Å². The molecule has 0 fully saturated rings. The van der Waals surface area contributed by atoms with Gasteiger partial charge >= 0.3 is 0 Å². The molecule has 0 atom stereocenters. The monoisotopic (exact) mass is 410 g/mol. The number of hydrogen-bond acceptors (Lipinski definition) is 2. The molecule has 0 aliphatic rings. The molecular weight excluding hydrogens is 400 g/mol. The molecule has 0 unspecified atom stereocenters. The third-order valence-corrected chi connectivity index (χ3v) is 3.80. The van der Waals surface area contributed by atoms with E-state index >= 15 is 0 Å². The van der Waals surface area contributed by atoms with Gasteiger partial charge in [-0.25, -0.2) is 0 Å². The first kappa shape index (κ1) is 15.7. The predicted octanol–water partition coefficient (Wildman–Crippen LogP) is 4.42. The van der Waals surface area contributed by atoms with E-state index in [-0.39, 0.29) is 11.8 Å². The normalized spacial score (nSPS) is 10.0. The molecule has 2 N–H and O–H groups in total. The molecule has 2 amide bonds. The van der Waals surface area contributed by atoms with Crippen LogP contribution >= 0.6 is 31.9 Å². The molecule has 0 saturated heterocycles. The lowest BCUT2D eigenvalue weighted by Crippen LogP contribution is -2.12. The zero-order valence-corrected chi connectivity index (χ0v) is 14.3. The van der Waals surface area contributed by atoms with E-state index in [1.807, 2.05) is 12.1 Å². The van der Waals surface area contributed by atoms with Gasteiger partial charge < -0.3 is 10.6 Å². The topological polar surface area (TPSA) is 58.2 Å². The Morgan fingerprint density at radius 3 is 2.19 bits per heavy atom. The summed E-state index contributed by atoms with van der Waals surface area (Å²) in [4.78, 5) is 23.1. The molecule has 2 rings (SSSR count). The number of nitrogens with one attached hydrogen (secondary N) is 2. The van der Waals surface area contributed by atoms with Crippen molar-refractivity contribution >= 4 is 55.0 Å². The van der Waals surface area contributed by atoms with Gasteiger partial charge in [0, 0.05) is 27.1 Å². The molecule has 21 heavy (non-hydrogen) atoms. The summed E-state index contributed by atoms with van der Waals surface area (Å²) in [5, 5.41) is 5.47. The van der Waals surface area contributed by atoms with Crippen molar-refractivity contribution in [2.75, 3.05) is 10.6 Å². The van der Waals surface area contributed by atoms with Crippen LogP contribution in [0.15, 0.2) is 51.4 Å². The van der Waals surface area contributed by atoms with Crippen LogP contribution in [-0.2, 0) is 4.79 Å². The first-order valence-corrected chi connectivity index (χ1v) is 7.68. The fourth-order valence-corrected chi connectivity index (χ4v) is 2.84. The van der Waals surface area contributed by atoms with Gasteiger partial charge in [0.15, 0.2) is 0 Å². The average Bonchev–Trinajstić information content (AvgIpc) is 2.42. The van der Waals surface area contributed by atoms with Crippen LogP contribution in [0.3, 0.4) is 0 Å². The Labute approximate surface area is 139 Å². The van der Waals surface area contributed by atoms with E-state index in [2.05, 4.69) is 42.5 Å². The van der Waals surface area contributed by atoms with Crippen LogP contribution in [0.1, 0.15) is 17.3 Å². The Morgan fingerprint density at radius 2 is 1.62 bits per heavy atom. The highest BCUT2D eigenvalue weighted by Crippen LogP contribution is 2.26. The molecule has 108 valence electrons. The minimum Gasteiger partial charge on any atom is -0.326 e. The van der Waals surface area contributed by atoms with Crippen LogP contribution in [0.4, 0.5) is 11.4 Å². The van der Waals surface area contributed by atoms with E-state index < -0.39 is 0 Å². The molecule has 2 aromatic rings. The van der Waals surface area contributed by atoms with Crippen molar-refractivity contribution in [2.24, 2.45) is 0 Å². The summed E-state index contributed by atoms with van der Waals surface area (Å²) < 4.78 is 1.71. The van der Waals surface area contributed by atoms with Crippen molar-refractivity contribution in [3.05, 3.63) is 57.0 Å². The van der Waals surface area contributed by atoms with E-state index in [1.165, 1.54) is 6.92 Å². The molecule has 0 aliphatic heterocycles. The minimum absolute atomic E-state index is 0.147. The van der Waals surface area contributed by atoms with Gasteiger partial charge in [0.2, 0.25) is 5.91 Å². The Kier molecular flexibility index (Phi) is 5.14. The zero-order valence-electron chi connectivity index (χ0n) is 11.1. The lowest BCUT2D eigenvalue weighted by molar-refractivity contribution is -0.114. The van der Waals surface area contributed by atoms with E-state index in [1.54, 1.807) is 30.3 Å². The lowest BCUT2D eigenvalue weighted by atomic mass is 10.2. The second-order valence-corrected chi connectivity index (χ2v) is 6.11. The fraction of sp³-hybridized carbons (Fsp3) is 0.0667. The van der Waals surface area contributed by atoms with E-state index in [0.717, 1.165) is 8.95 Å².